The minimum Gasteiger partial charge on any atom is -0.368 e. The molecule has 0 spiro atoms. The van der Waals surface area contributed by atoms with Gasteiger partial charge in [-0.2, -0.15) is 13.2 Å². The molecular weight excluding hydrogens is 337 g/mol. The average Bonchev–Trinajstić information content (AvgIpc) is 2.54. The van der Waals surface area contributed by atoms with E-state index in [4.69, 9.17) is 0 Å². The zero-order valence-electron chi connectivity index (χ0n) is 14.1. The fourth-order valence-electron chi connectivity index (χ4n) is 2.10. The van der Waals surface area contributed by atoms with Gasteiger partial charge in [-0.3, -0.25) is 9.59 Å². The Morgan fingerprint density at radius 2 is 1.84 bits per heavy atom. The summed E-state index contributed by atoms with van der Waals surface area (Å²) in [5, 5.41) is 7.90. The van der Waals surface area contributed by atoms with Gasteiger partial charge in [-0.25, -0.2) is 4.98 Å². The first-order chi connectivity index (χ1) is 11.8. The summed E-state index contributed by atoms with van der Waals surface area (Å²) >= 11 is 0. The van der Waals surface area contributed by atoms with E-state index in [9.17, 15) is 22.8 Å². The van der Waals surface area contributed by atoms with Gasteiger partial charge in [0.2, 0.25) is 11.8 Å². The van der Waals surface area contributed by atoms with Gasteiger partial charge < -0.3 is 16.0 Å². The third kappa shape index (κ3) is 8.92. The van der Waals surface area contributed by atoms with Crippen molar-refractivity contribution in [1.82, 2.24) is 15.6 Å². The molecule has 0 aliphatic carbocycles. The predicted molar refractivity (Wildman–Crippen MR) is 87.9 cm³/mol. The Balaban J connectivity index is 2.17. The molecule has 0 saturated carbocycles. The van der Waals surface area contributed by atoms with Crippen LogP contribution in [0.1, 0.15) is 38.2 Å². The van der Waals surface area contributed by atoms with Crippen LogP contribution in [-0.4, -0.2) is 36.4 Å². The van der Waals surface area contributed by atoms with E-state index in [0.29, 0.717) is 19.4 Å². The van der Waals surface area contributed by atoms with Crippen LogP contribution >= 0.6 is 0 Å². The molecule has 0 fully saturated rings. The van der Waals surface area contributed by atoms with E-state index < -0.39 is 11.7 Å². The number of carbonyl (C=O) groups excluding carboxylic acids is 2. The maximum atomic E-state index is 12.8. The Morgan fingerprint density at radius 3 is 2.52 bits per heavy atom. The van der Waals surface area contributed by atoms with Gasteiger partial charge in [0.1, 0.15) is 5.82 Å². The number of alkyl halides is 3. The minimum absolute atomic E-state index is 0.0770. The first kappa shape index (κ1) is 20.7. The molecule has 1 heterocycles. The topological polar surface area (TPSA) is 83.1 Å². The number of unbranched alkanes of at least 4 members (excludes halogenated alkanes) is 2. The summed E-state index contributed by atoms with van der Waals surface area (Å²) in [6, 6.07) is 2.18. The summed E-state index contributed by atoms with van der Waals surface area (Å²) in [5.74, 6) is -0.479. The van der Waals surface area contributed by atoms with Gasteiger partial charge in [0.05, 0.1) is 5.56 Å². The number of nitrogens with one attached hydrogen (secondary N) is 3. The number of hydrogen-bond acceptors (Lipinski definition) is 4. The summed E-state index contributed by atoms with van der Waals surface area (Å²) in [7, 11) is 0. The van der Waals surface area contributed by atoms with E-state index in [1.54, 1.807) is 0 Å². The van der Waals surface area contributed by atoms with Crippen molar-refractivity contribution in [1.29, 1.82) is 0 Å². The fraction of sp³-hybridized carbons (Fsp3) is 0.562. The molecule has 2 amide bonds. The van der Waals surface area contributed by atoms with Gasteiger partial charge in [-0.1, -0.05) is 6.42 Å². The lowest BCUT2D eigenvalue weighted by Crippen LogP contribution is -2.29. The highest BCUT2D eigenvalue weighted by atomic mass is 19.4. The smallest absolute Gasteiger partial charge is 0.368 e. The fourth-order valence-corrected chi connectivity index (χ4v) is 2.10. The molecule has 6 nitrogen and oxygen atoms in total. The molecule has 25 heavy (non-hydrogen) atoms. The highest BCUT2D eigenvalue weighted by Crippen LogP contribution is 2.33. The van der Waals surface area contributed by atoms with Crippen LogP contribution in [-0.2, 0) is 15.8 Å². The quantitative estimate of drug-likeness (QED) is 0.559. The van der Waals surface area contributed by atoms with Crippen LogP contribution in [0.3, 0.4) is 0 Å². The van der Waals surface area contributed by atoms with Gasteiger partial charge in [0.25, 0.3) is 0 Å². The van der Waals surface area contributed by atoms with Crippen LogP contribution < -0.4 is 16.0 Å². The van der Waals surface area contributed by atoms with Crippen molar-refractivity contribution < 1.29 is 22.8 Å². The first-order valence-electron chi connectivity index (χ1n) is 8.08. The SMILES string of the molecule is CC(=O)NCCCCCC(=O)NCCNc1ncccc1C(F)(F)F. The van der Waals surface area contributed by atoms with Crippen LogP contribution in [0.25, 0.3) is 0 Å². The van der Waals surface area contributed by atoms with Crippen LogP contribution in [0.5, 0.6) is 0 Å². The number of carbonyl (C=O) groups is 2. The van der Waals surface area contributed by atoms with E-state index in [1.807, 2.05) is 0 Å². The Labute approximate surface area is 144 Å². The molecule has 0 radical (unpaired) electrons. The monoisotopic (exact) mass is 360 g/mol. The normalized spacial score (nSPS) is 11.0. The molecule has 0 atom stereocenters. The zero-order chi connectivity index (χ0) is 18.7. The molecule has 1 rings (SSSR count). The second-order valence-corrected chi connectivity index (χ2v) is 5.47. The van der Waals surface area contributed by atoms with Crippen molar-refractivity contribution in [3.63, 3.8) is 0 Å². The Bertz CT molecular complexity index is 565. The van der Waals surface area contributed by atoms with Crippen molar-refractivity contribution in [2.45, 2.75) is 38.8 Å². The van der Waals surface area contributed by atoms with Crippen LogP contribution in [0.4, 0.5) is 19.0 Å². The number of pyridine rings is 1. The van der Waals surface area contributed by atoms with E-state index in [-0.39, 0.29) is 30.7 Å². The molecule has 0 aromatic carbocycles. The number of nitrogens with zero attached hydrogens (tertiary/aromatic N) is 1. The number of anilines is 1. The molecule has 140 valence electrons. The van der Waals surface area contributed by atoms with Crippen molar-refractivity contribution >= 4 is 17.6 Å². The summed E-state index contributed by atoms with van der Waals surface area (Å²) in [6.07, 6.45) is -0.549. The largest absolute Gasteiger partial charge is 0.419 e. The lowest BCUT2D eigenvalue weighted by molar-refractivity contribution is -0.137. The van der Waals surface area contributed by atoms with Gasteiger partial charge >= 0.3 is 6.18 Å². The maximum absolute atomic E-state index is 12.8. The number of halogens is 3. The zero-order valence-corrected chi connectivity index (χ0v) is 14.1. The third-order valence-corrected chi connectivity index (χ3v) is 3.31. The van der Waals surface area contributed by atoms with Gasteiger partial charge in [0.15, 0.2) is 0 Å². The molecule has 1 aromatic heterocycles. The molecule has 0 unspecified atom stereocenters. The summed E-state index contributed by atoms with van der Waals surface area (Å²) < 4.78 is 38.4. The summed E-state index contributed by atoms with van der Waals surface area (Å²) in [6.45, 7) is 2.39. The van der Waals surface area contributed by atoms with Gasteiger partial charge in [0, 0.05) is 39.2 Å². The van der Waals surface area contributed by atoms with Crippen molar-refractivity contribution in [2.24, 2.45) is 0 Å². The Hall–Kier alpha value is -2.32. The third-order valence-electron chi connectivity index (χ3n) is 3.31. The summed E-state index contributed by atoms with van der Waals surface area (Å²) in [5.41, 5.74) is -0.833. The van der Waals surface area contributed by atoms with E-state index in [2.05, 4.69) is 20.9 Å². The number of amides is 2. The average molecular weight is 360 g/mol. The molecule has 1 aromatic rings. The van der Waals surface area contributed by atoms with Crippen LogP contribution in [0.2, 0.25) is 0 Å². The van der Waals surface area contributed by atoms with E-state index in [0.717, 1.165) is 18.9 Å². The second-order valence-electron chi connectivity index (χ2n) is 5.47. The molecule has 0 bridgehead atoms. The minimum atomic E-state index is -4.48. The summed E-state index contributed by atoms with van der Waals surface area (Å²) in [4.78, 5) is 26.0. The first-order valence-corrected chi connectivity index (χ1v) is 8.08. The molecule has 0 saturated heterocycles. The van der Waals surface area contributed by atoms with Gasteiger partial charge in [-0.15, -0.1) is 0 Å². The molecule has 3 N–H and O–H groups in total. The van der Waals surface area contributed by atoms with E-state index >= 15 is 0 Å². The number of rotatable bonds is 10. The van der Waals surface area contributed by atoms with Crippen LogP contribution in [0.15, 0.2) is 18.3 Å². The van der Waals surface area contributed by atoms with Crippen LogP contribution in [0, 0.1) is 0 Å². The van der Waals surface area contributed by atoms with Gasteiger partial charge in [-0.05, 0) is 25.0 Å². The Kier molecular flexibility index (Phi) is 8.73. The second kappa shape index (κ2) is 10.5. The molecule has 0 aliphatic heterocycles. The highest BCUT2D eigenvalue weighted by molar-refractivity contribution is 5.75. The number of hydrogen-bond donors (Lipinski definition) is 3. The Morgan fingerprint density at radius 1 is 1.08 bits per heavy atom. The van der Waals surface area contributed by atoms with Crippen molar-refractivity contribution in [3.05, 3.63) is 23.9 Å². The lowest BCUT2D eigenvalue weighted by Gasteiger charge is -2.13. The van der Waals surface area contributed by atoms with Crippen molar-refractivity contribution in [2.75, 3.05) is 25.0 Å². The predicted octanol–water partition coefficient (Wildman–Crippen LogP) is 2.33. The highest BCUT2D eigenvalue weighted by Gasteiger charge is 2.33. The molecule has 9 heteroatoms. The maximum Gasteiger partial charge on any atom is 0.419 e. The molecule has 0 aliphatic rings. The van der Waals surface area contributed by atoms with E-state index in [1.165, 1.54) is 19.2 Å². The lowest BCUT2D eigenvalue weighted by atomic mass is 10.2. The number of aromatic nitrogens is 1. The standard InChI is InChI=1S/C16H23F3N4O2/c1-12(24)20-8-4-2-3-7-14(25)21-10-11-23-15-13(16(17,18)19)6-5-9-22-15/h5-6,9H,2-4,7-8,10-11H2,1H3,(H,20,24)(H,21,25)(H,22,23). The van der Waals surface area contributed by atoms with Crippen molar-refractivity contribution in [3.8, 4) is 0 Å². The molecular formula is C16H23F3N4O2.